The molecule has 0 amide bonds. The molecule has 0 unspecified atom stereocenters. The van der Waals surface area contributed by atoms with Crippen LogP contribution in [0.4, 0.5) is 8.78 Å². The molecule has 1 aliphatic heterocycles. The molecular formula is C20H25F2NOSi. The van der Waals surface area contributed by atoms with Crippen LogP contribution in [-0.2, 0) is 0 Å². The fourth-order valence-corrected chi connectivity index (χ4v) is 6.66. The molecule has 0 radical (unpaired) electrons. The maximum absolute atomic E-state index is 13.3. The Bertz CT molecular complexity index is 624. The first-order valence-electron chi connectivity index (χ1n) is 9.05. The lowest BCUT2D eigenvalue weighted by Crippen LogP contribution is -2.58. The van der Waals surface area contributed by atoms with E-state index in [4.69, 9.17) is 0 Å². The van der Waals surface area contributed by atoms with Crippen molar-refractivity contribution in [1.82, 2.24) is 4.90 Å². The van der Waals surface area contributed by atoms with E-state index in [9.17, 15) is 13.6 Å². The fourth-order valence-electron chi connectivity index (χ4n) is 3.65. The van der Waals surface area contributed by atoms with Crippen LogP contribution in [0.25, 0.3) is 0 Å². The summed E-state index contributed by atoms with van der Waals surface area (Å²) in [7, 11) is -2.99. The molecule has 1 N–H and O–H groups in total. The van der Waals surface area contributed by atoms with Gasteiger partial charge in [0.2, 0.25) is 0 Å². The van der Waals surface area contributed by atoms with Crippen molar-refractivity contribution in [3.63, 3.8) is 0 Å². The van der Waals surface area contributed by atoms with Crippen LogP contribution in [-0.4, -0.2) is 37.6 Å². The Balaban J connectivity index is 1.78. The fraction of sp³-hybridized carbons (Fsp3) is 0.400. The van der Waals surface area contributed by atoms with Crippen molar-refractivity contribution in [1.29, 1.82) is 0 Å². The lowest BCUT2D eigenvalue weighted by molar-refractivity contribution is 0.228. The number of rotatable bonds is 6. The maximum atomic E-state index is 13.3. The second-order valence-corrected chi connectivity index (χ2v) is 10.3. The second kappa shape index (κ2) is 8.21. The second-order valence-electron chi connectivity index (χ2n) is 6.88. The van der Waals surface area contributed by atoms with E-state index in [1.54, 1.807) is 24.3 Å². The highest BCUT2D eigenvalue weighted by atomic mass is 28.4. The maximum Gasteiger partial charge on any atom is 0.252 e. The Morgan fingerprint density at radius 2 is 1.28 bits per heavy atom. The van der Waals surface area contributed by atoms with E-state index in [0.717, 1.165) is 36.4 Å². The number of likely N-dealkylation sites (tertiary alicyclic amines) is 1. The largest absolute Gasteiger partial charge is 0.424 e. The van der Waals surface area contributed by atoms with E-state index in [1.165, 1.54) is 43.5 Å². The molecule has 2 aromatic rings. The molecule has 0 aliphatic carbocycles. The van der Waals surface area contributed by atoms with Gasteiger partial charge in [-0.3, -0.25) is 0 Å². The van der Waals surface area contributed by atoms with E-state index in [2.05, 4.69) is 4.90 Å². The third kappa shape index (κ3) is 4.54. The minimum absolute atomic E-state index is 0.312. The molecule has 3 rings (SSSR count). The van der Waals surface area contributed by atoms with Crippen LogP contribution < -0.4 is 10.4 Å². The van der Waals surface area contributed by atoms with Gasteiger partial charge >= 0.3 is 0 Å². The molecule has 1 aliphatic rings. The molecule has 2 aromatic carbocycles. The van der Waals surface area contributed by atoms with E-state index in [1.807, 2.05) is 0 Å². The van der Waals surface area contributed by atoms with Crippen molar-refractivity contribution in [2.75, 3.05) is 19.6 Å². The van der Waals surface area contributed by atoms with Crippen molar-refractivity contribution >= 4 is 18.7 Å². The summed E-state index contributed by atoms with van der Waals surface area (Å²) < 4.78 is 26.6. The Morgan fingerprint density at radius 1 is 0.800 bits per heavy atom. The predicted octanol–water partition coefficient (Wildman–Crippen LogP) is 2.89. The smallest absolute Gasteiger partial charge is 0.252 e. The molecule has 0 spiro atoms. The zero-order valence-electron chi connectivity index (χ0n) is 14.4. The zero-order chi connectivity index (χ0) is 17.7. The van der Waals surface area contributed by atoms with Crippen molar-refractivity contribution < 1.29 is 13.6 Å². The summed E-state index contributed by atoms with van der Waals surface area (Å²) in [6.45, 7) is 3.23. The third-order valence-electron chi connectivity index (χ3n) is 5.11. The van der Waals surface area contributed by atoms with Gasteiger partial charge in [0.15, 0.2) is 0 Å². The van der Waals surface area contributed by atoms with Crippen LogP contribution >= 0.6 is 0 Å². The first-order chi connectivity index (χ1) is 12.1. The van der Waals surface area contributed by atoms with Crippen LogP contribution in [0.5, 0.6) is 0 Å². The monoisotopic (exact) mass is 361 g/mol. The van der Waals surface area contributed by atoms with Gasteiger partial charge in [0, 0.05) is 0 Å². The molecule has 1 fully saturated rings. The first-order valence-corrected chi connectivity index (χ1v) is 11.2. The Kier molecular flexibility index (Phi) is 5.99. The molecule has 0 atom stereocenters. The van der Waals surface area contributed by atoms with Gasteiger partial charge in [-0.2, -0.15) is 0 Å². The Morgan fingerprint density at radius 3 is 1.76 bits per heavy atom. The molecule has 1 saturated heterocycles. The first kappa shape index (κ1) is 18.2. The Hall–Kier alpha value is -1.56. The van der Waals surface area contributed by atoms with Gasteiger partial charge in [-0.25, -0.2) is 8.78 Å². The van der Waals surface area contributed by atoms with Crippen LogP contribution in [0.3, 0.4) is 0 Å². The summed E-state index contributed by atoms with van der Waals surface area (Å²) in [5, 5.41) is 1.55. The third-order valence-corrected chi connectivity index (χ3v) is 8.76. The van der Waals surface area contributed by atoms with Gasteiger partial charge in [-0.05, 0) is 79.6 Å². The van der Waals surface area contributed by atoms with Crippen molar-refractivity contribution in [2.24, 2.45) is 0 Å². The van der Waals surface area contributed by atoms with Gasteiger partial charge < -0.3 is 9.70 Å². The molecule has 5 heteroatoms. The summed E-state index contributed by atoms with van der Waals surface area (Å²) >= 11 is 0. The van der Waals surface area contributed by atoms with Gasteiger partial charge in [-0.15, -0.1) is 0 Å². The van der Waals surface area contributed by atoms with E-state index in [-0.39, 0.29) is 11.6 Å². The highest BCUT2D eigenvalue weighted by Gasteiger charge is 2.35. The molecule has 1 heterocycles. The van der Waals surface area contributed by atoms with Gasteiger partial charge in [0.25, 0.3) is 8.32 Å². The van der Waals surface area contributed by atoms with Crippen molar-refractivity contribution in [3.05, 3.63) is 60.2 Å². The number of halogens is 2. The number of nitrogens with zero attached hydrogens (tertiary/aromatic N) is 1. The van der Waals surface area contributed by atoms with Gasteiger partial charge in [0.05, 0.1) is 0 Å². The zero-order valence-corrected chi connectivity index (χ0v) is 15.4. The quantitative estimate of drug-likeness (QED) is 0.800. The van der Waals surface area contributed by atoms with Gasteiger partial charge in [-0.1, -0.05) is 30.7 Å². The number of hydrogen-bond acceptors (Lipinski definition) is 2. The molecule has 0 saturated carbocycles. The summed E-state index contributed by atoms with van der Waals surface area (Å²) in [6, 6.07) is 12.9. The van der Waals surface area contributed by atoms with Crippen LogP contribution in [0, 0.1) is 11.6 Å². The highest BCUT2D eigenvalue weighted by molar-refractivity contribution is 6.96. The summed E-state index contributed by atoms with van der Waals surface area (Å²) in [5.41, 5.74) is 0. The summed E-state index contributed by atoms with van der Waals surface area (Å²) in [6.07, 6.45) is 4.69. The lowest BCUT2D eigenvalue weighted by atomic mass is 10.1. The number of hydrogen-bond donors (Lipinski definition) is 1. The van der Waals surface area contributed by atoms with Crippen molar-refractivity contribution in [3.8, 4) is 0 Å². The van der Waals surface area contributed by atoms with Crippen molar-refractivity contribution in [2.45, 2.75) is 31.7 Å². The van der Waals surface area contributed by atoms with Crippen LogP contribution in [0.2, 0.25) is 6.04 Å². The Labute approximate surface area is 149 Å². The lowest BCUT2D eigenvalue weighted by Gasteiger charge is -2.30. The van der Waals surface area contributed by atoms with Crippen LogP contribution in [0.15, 0.2) is 48.5 Å². The van der Waals surface area contributed by atoms with E-state index < -0.39 is 8.32 Å². The summed E-state index contributed by atoms with van der Waals surface area (Å²) in [4.78, 5) is 14.0. The standard InChI is InChI=1S/C20H25F2NOSi/c21-17-5-9-19(10-6-17)25(24,20-11-7-18(22)8-12-20)16-4-15-23-13-2-1-3-14-23/h5-12,24H,1-4,13-16H2. The average molecular weight is 362 g/mol. The molecular weight excluding hydrogens is 336 g/mol. The van der Waals surface area contributed by atoms with Crippen LogP contribution in [0.1, 0.15) is 25.7 Å². The minimum Gasteiger partial charge on any atom is -0.424 e. The summed E-state index contributed by atoms with van der Waals surface area (Å²) in [5.74, 6) is -0.625. The normalized spacial score (nSPS) is 16.1. The SMILES string of the molecule is O[Si](CCCN1CCCCC1)(c1ccc(F)cc1)c1ccc(F)cc1. The van der Waals surface area contributed by atoms with E-state index in [0.29, 0.717) is 6.04 Å². The number of piperidine rings is 1. The minimum atomic E-state index is -2.99. The molecule has 134 valence electrons. The molecule has 0 aromatic heterocycles. The molecule has 2 nitrogen and oxygen atoms in total. The van der Waals surface area contributed by atoms with Gasteiger partial charge in [0.1, 0.15) is 11.6 Å². The highest BCUT2D eigenvalue weighted by Crippen LogP contribution is 2.15. The molecule has 0 bridgehead atoms. The molecule has 25 heavy (non-hydrogen) atoms. The predicted molar refractivity (Wildman–Crippen MR) is 99.8 cm³/mol. The number of benzene rings is 2. The van der Waals surface area contributed by atoms with E-state index >= 15 is 0 Å². The topological polar surface area (TPSA) is 23.5 Å². The average Bonchev–Trinajstić information content (AvgIpc) is 2.63.